The first-order chi connectivity index (χ1) is 10.7. The summed E-state index contributed by atoms with van der Waals surface area (Å²) in [5.41, 5.74) is 10.1. The van der Waals surface area contributed by atoms with Crippen LogP contribution in [0.25, 0.3) is 5.69 Å². The van der Waals surface area contributed by atoms with Crippen molar-refractivity contribution in [3.05, 3.63) is 53.9 Å². The highest BCUT2D eigenvalue weighted by atomic mass is 28.3. The first-order valence-corrected chi connectivity index (χ1v) is 15.0. The molecular formula is C20H25NSi2. The second-order valence-corrected chi connectivity index (χ2v) is 17.3. The lowest BCUT2D eigenvalue weighted by Gasteiger charge is -2.09. The summed E-state index contributed by atoms with van der Waals surface area (Å²) in [4.78, 5) is 0. The topological polar surface area (TPSA) is 4.93 Å². The zero-order chi connectivity index (χ0) is 17.1. The summed E-state index contributed by atoms with van der Waals surface area (Å²) >= 11 is 0. The number of rotatable bonds is 1. The fraction of sp³-hybridized carbons (Fsp3) is 0.300. The van der Waals surface area contributed by atoms with Gasteiger partial charge in [-0.15, -0.1) is 11.1 Å². The largest absolute Gasteiger partial charge is 0.296 e. The average Bonchev–Trinajstić information content (AvgIpc) is 2.85. The maximum atomic E-state index is 3.46. The summed E-state index contributed by atoms with van der Waals surface area (Å²) in [7, 11) is -2.81. The summed E-state index contributed by atoms with van der Waals surface area (Å²) in [5, 5.41) is 0. The Hall–Kier alpha value is -1.95. The van der Waals surface area contributed by atoms with Crippen LogP contribution >= 0.6 is 0 Å². The molecule has 0 saturated carbocycles. The number of benzene rings is 1. The minimum Gasteiger partial charge on any atom is -0.296 e. The van der Waals surface area contributed by atoms with Crippen LogP contribution in [-0.2, 0) is 0 Å². The van der Waals surface area contributed by atoms with Crippen LogP contribution < -0.4 is 0 Å². The van der Waals surface area contributed by atoms with E-state index < -0.39 is 16.1 Å². The van der Waals surface area contributed by atoms with Crippen LogP contribution in [0, 0.1) is 22.9 Å². The zero-order valence-corrected chi connectivity index (χ0v) is 17.0. The van der Waals surface area contributed by atoms with Crippen LogP contribution in [0.15, 0.2) is 42.5 Å². The minimum absolute atomic E-state index is 1.03. The Kier molecular flexibility index (Phi) is 5.04. The highest BCUT2D eigenvalue weighted by molar-refractivity contribution is 6.84. The Morgan fingerprint density at radius 1 is 0.652 bits per heavy atom. The molecule has 0 bridgehead atoms. The van der Waals surface area contributed by atoms with E-state index in [1.165, 1.54) is 0 Å². The number of aromatic nitrogens is 1. The zero-order valence-electron chi connectivity index (χ0n) is 15.0. The SMILES string of the molecule is C[Si](C)(C)C#Cc1ccc(C#C[Si](C)(C)C)n1-c1ccccc1. The van der Waals surface area contributed by atoms with Crippen molar-refractivity contribution < 1.29 is 0 Å². The average molecular weight is 336 g/mol. The van der Waals surface area contributed by atoms with E-state index in [2.05, 4.69) is 103 Å². The molecule has 3 heteroatoms. The first kappa shape index (κ1) is 17.4. The number of hydrogen-bond donors (Lipinski definition) is 0. The molecule has 0 N–H and O–H groups in total. The molecule has 0 atom stereocenters. The van der Waals surface area contributed by atoms with Crippen molar-refractivity contribution >= 4 is 16.1 Å². The van der Waals surface area contributed by atoms with Gasteiger partial charge in [0.15, 0.2) is 0 Å². The standard InChI is InChI=1S/C20H25NSi2/c1-22(2,3)16-14-19-12-13-20(15-17-23(4,5)6)21(19)18-10-8-7-9-11-18/h7-13H,1-6H3. The third-order valence-corrected chi connectivity index (χ3v) is 4.78. The molecule has 1 nitrogen and oxygen atoms in total. The predicted octanol–water partition coefficient (Wildman–Crippen LogP) is 4.94. The van der Waals surface area contributed by atoms with Crippen LogP contribution in [0.5, 0.6) is 0 Å². The molecule has 118 valence electrons. The predicted molar refractivity (Wildman–Crippen MR) is 106 cm³/mol. The van der Waals surface area contributed by atoms with Gasteiger partial charge in [-0.2, -0.15) is 0 Å². The second kappa shape index (κ2) is 6.66. The van der Waals surface area contributed by atoms with Gasteiger partial charge < -0.3 is 0 Å². The number of hydrogen-bond acceptors (Lipinski definition) is 0. The summed E-state index contributed by atoms with van der Waals surface area (Å²) in [5.74, 6) is 6.77. The van der Waals surface area contributed by atoms with E-state index in [-0.39, 0.29) is 0 Å². The highest BCUT2D eigenvalue weighted by Gasteiger charge is 2.12. The maximum Gasteiger partial charge on any atom is 0.129 e. The summed E-state index contributed by atoms with van der Waals surface area (Å²) in [6.45, 7) is 13.6. The smallest absolute Gasteiger partial charge is 0.129 e. The molecule has 1 heterocycles. The Morgan fingerprint density at radius 3 is 1.48 bits per heavy atom. The lowest BCUT2D eigenvalue weighted by molar-refractivity contribution is 1.04. The van der Waals surface area contributed by atoms with E-state index in [1.54, 1.807) is 0 Å². The molecule has 0 aliphatic heterocycles. The molecule has 0 amide bonds. The summed E-state index contributed by atoms with van der Waals surface area (Å²) in [6.07, 6.45) is 0. The quantitative estimate of drug-likeness (QED) is 0.514. The number of para-hydroxylation sites is 1. The minimum atomic E-state index is -1.41. The Bertz CT molecular complexity index is 746. The van der Waals surface area contributed by atoms with Gasteiger partial charge >= 0.3 is 0 Å². The van der Waals surface area contributed by atoms with Crippen molar-refractivity contribution in [2.45, 2.75) is 39.3 Å². The van der Waals surface area contributed by atoms with Gasteiger partial charge in [0.05, 0.1) is 11.4 Å². The molecule has 23 heavy (non-hydrogen) atoms. The van der Waals surface area contributed by atoms with E-state index >= 15 is 0 Å². The van der Waals surface area contributed by atoms with Gasteiger partial charge in [-0.3, -0.25) is 4.57 Å². The maximum absolute atomic E-state index is 3.46. The molecule has 0 spiro atoms. The summed E-state index contributed by atoms with van der Waals surface area (Å²) in [6, 6.07) is 14.6. The van der Waals surface area contributed by atoms with Crippen LogP contribution in [0.2, 0.25) is 39.3 Å². The van der Waals surface area contributed by atoms with Gasteiger partial charge in [-0.25, -0.2) is 0 Å². The molecule has 0 radical (unpaired) electrons. The van der Waals surface area contributed by atoms with Gasteiger partial charge in [0.1, 0.15) is 16.1 Å². The third-order valence-electron chi connectivity index (χ3n) is 3.03. The van der Waals surface area contributed by atoms with Gasteiger partial charge in [0.25, 0.3) is 0 Å². The Balaban J connectivity index is 2.58. The van der Waals surface area contributed by atoms with Crippen LogP contribution in [-0.4, -0.2) is 20.7 Å². The van der Waals surface area contributed by atoms with Crippen LogP contribution in [0.3, 0.4) is 0 Å². The van der Waals surface area contributed by atoms with Crippen molar-refractivity contribution in [3.63, 3.8) is 0 Å². The van der Waals surface area contributed by atoms with Gasteiger partial charge in [-0.1, -0.05) is 69.3 Å². The monoisotopic (exact) mass is 335 g/mol. The lowest BCUT2D eigenvalue weighted by atomic mass is 10.3. The second-order valence-electron chi connectivity index (χ2n) is 7.77. The van der Waals surface area contributed by atoms with Crippen molar-refractivity contribution in [1.29, 1.82) is 0 Å². The van der Waals surface area contributed by atoms with Gasteiger partial charge in [0, 0.05) is 5.69 Å². The molecule has 0 saturated heterocycles. The highest BCUT2D eigenvalue weighted by Crippen LogP contribution is 2.16. The fourth-order valence-corrected chi connectivity index (χ4v) is 3.00. The molecule has 1 aromatic heterocycles. The van der Waals surface area contributed by atoms with E-state index in [1.807, 2.05) is 6.07 Å². The first-order valence-electron chi connectivity index (χ1n) is 7.99. The molecule has 1 aromatic carbocycles. The van der Waals surface area contributed by atoms with Crippen LogP contribution in [0.1, 0.15) is 11.4 Å². The normalized spacial score (nSPS) is 11.2. The Labute approximate surface area is 142 Å². The Morgan fingerprint density at radius 2 is 1.09 bits per heavy atom. The number of nitrogens with zero attached hydrogens (tertiary/aromatic N) is 1. The van der Waals surface area contributed by atoms with E-state index in [0.29, 0.717) is 0 Å². The van der Waals surface area contributed by atoms with Crippen molar-refractivity contribution in [1.82, 2.24) is 4.57 Å². The van der Waals surface area contributed by atoms with E-state index in [4.69, 9.17) is 0 Å². The van der Waals surface area contributed by atoms with E-state index in [9.17, 15) is 0 Å². The van der Waals surface area contributed by atoms with Crippen molar-refractivity contribution in [3.8, 4) is 28.6 Å². The molecular weight excluding hydrogens is 310 g/mol. The fourth-order valence-electron chi connectivity index (χ4n) is 1.99. The van der Waals surface area contributed by atoms with Crippen LogP contribution in [0.4, 0.5) is 0 Å². The molecule has 2 aromatic rings. The molecule has 0 aliphatic carbocycles. The lowest BCUT2D eigenvalue weighted by Crippen LogP contribution is -2.17. The van der Waals surface area contributed by atoms with Gasteiger partial charge in [0.2, 0.25) is 0 Å². The molecule has 2 rings (SSSR count). The van der Waals surface area contributed by atoms with Crippen molar-refractivity contribution in [2.24, 2.45) is 0 Å². The third kappa shape index (κ3) is 5.32. The van der Waals surface area contributed by atoms with E-state index in [0.717, 1.165) is 17.1 Å². The molecule has 0 fully saturated rings. The molecule has 0 aliphatic rings. The molecule has 0 unspecified atom stereocenters. The van der Waals surface area contributed by atoms with Gasteiger partial charge in [-0.05, 0) is 24.3 Å². The van der Waals surface area contributed by atoms with Crippen molar-refractivity contribution in [2.75, 3.05) is 0 Å². The summed E-state index contributed by atoms with van der Waals surface area (Å²) < 4.78 is 2.18.